The SMILES string of the molecule is Cc1sccc1C1CCCC1=O. The van der Waals surface area contributed by atoms with Crippen molar-refractivity contribution in [3.05, 3.63) is 21.9 Å². The molecule has 0 amide bonds. The number of rotatable bonds is 1. The van der Waals surface area contributed by atoms with Crippen LogP contribution in [0.2, 0.25) is 0 Å². The van der Waals surface area contributed by atoms with Gasteiger partial charge in [-0.25, -0.2) is 0 Å². The lowest BCUT2D eigenvalue weighted by molar-refractivity contribution is -0.118. The van der Waals surface area contributed by atoms with Gasteiger partial charge >= 0.3 is 0 Å². The number of carbonyl (C=O) groups is 1. The Morgan fingerprint density at radius 2 is 2.42 bits per heavy atom. The predicted molar refractivity (Wildman–Crippen MR) is 50.7 cm³/mol. The molecular formula is C10H12OS. The first kappa shape index (κ1) is 7.99. The molecule has 1 aliphatic rings. The van der Waals surface area contributed by atoms with E-state index in [1.165, 1.54) is 10.4 Å². The number of Topliss-reactive ketones (excluding diaryl/α,β-unsaturated/α-hetero) is 1. The zero-order valence-corrected chi connectivity index (χ0v) is 7.99. The predicted octanol–water partition coefficient (Wildman–Crippen LogP) is 2.89. The molecule has 2 heteroatoms. The average Bonchev–Trinajstić information content (AvgIpc) is 2.59. The van der Waals surface area contributed by atoms with Crippen LogP contribution in [0.5, 0.6) is 0 Å². The molecule has 0 aliphatic heterocycles. The van der Waals surface area contributed by atoms with E-state index < -0.39 is 0 Å². The largest absolute Gasteiger partial charge is 0.299 e. The molecule has 1 aromatic heterocycles. The molecule has 1 heterocycles. The van der Waals surface area contributed by atoms with Crippen molar-refractivity contribution in [2.45, 2.75) is 32.1 Å². The molecule has 64 valence electrons. The minimum atomic E-state index is 0.233. The van der Waals surface area contributed by atoms with Gasteiger partial charge in [-0.1, -0.05) is 0 Å². The van der Waals surface area contributed by atoms with Gasteiger partial charge in [-0.05, 0) is 36.8 Å². The van der Waals surface area contributed by atoms with Crippen LogP contribution in [0.3, 0.4) is 0 Å². The van der Waals surface area contributed by atoms with Crippen molar-refractivity contribution in [1.82, 2.24) is 0 Å². The highest BCUT2D eigenvalue weighted by Crippen LogP contribution is 2.34. The van der Waals surface area contributed by atoms with Crippen molar-refractivity contribution in [1.29, 1.82) is 0 Å². The molecule has 0 bridgehead atoms. The summed E-state index contributed by atoms with van der Waals surface area (Å²) in [6, 6.07) is 2.11. The Bertz CT molecular complexity index is 301. The van der Waals surface area contributed by atoms with Gasteiger partial charge in [0.25, 0.3) is 0 Å². The van der Waals surface area contributed by atoms with E-state index in [4.69, 9.17) is 0 Å². The highest BCUT2D eigenvalue weighted by Gasteiger charge is 2.27. The van der Waals surface area contributed by atoms with Crippen molar-refractivity contribution in [2.75, 3.05) is 0 Å². The molecule has 1 fully saturated rings. The number of aryl methyl sites for hydroxylation is 1. The van der Waals surface area contributed by atoms with Crippen LogP contribution in [-0.4, -0.2) is 5.78 Å². The summed E-state index contributed by atoms with van der Waals surface area (Å²) in [6.07, 6.45) is 2.94. The van der Waals surface area contributed by atoms with Gasteiger partial charge < -0.3 is 0 Å². The quantitative estimate of drug-likeness (QED) is 0.649. The molecule has 2 rings (SSSR count). The summed E-state index contributed by atoms with van der Waals surface area (Å²) >= 11 is 1.74. The van der Waals surface area contributed by atoms with Crippen LogP contribution in [-0.2, 0) is 4.79 Å². The fourth-order valence-corrected chi connectivity index (χ4v) is 2.67. The number of ketones is 1. The minimum Gasteiger partial charge on any atom is -0.299 e. The van der Waals surface area contributed by atoms with E-state index in [2.05, 4.69) is 18.4 Å². The summed E-state index contributed by atoms with van der Waals surface area (Å²) in [5, 5.41) is 2.08. The van der Waals surface area contributed by atoms with Gasteiger partial charge in [0.15, 0.2) is 0 Å². The molecule has 1 saturated carbocycles. The minimum absolute atomic E-state index is 0.233. The summed E-state index contributed by atoms with van der Waals surface area (Å²) < 4.78 is 0. The third kappa shape index (κ3) is 1.20. The van der Waals surface area contributed by atoms with E-state index in [-0.39, 0.29) is 5.92 Å². The fourth-order valence-electron chi connectivity index (χ4n) is 1.90. The van der Waals surface area contributed by atoms with E-state index in [0.29, 0.717) is 5.78 Å². The van der Waals surface area contributed by atoms with Crippen LogP contribution in [0.4, 0.5) is 0 Å². The Morgan fingerprint density at radius 3 is 2.92 bits per heavy atom. The summed E-state index contributed by atoms with van der Waals surface area (Å²) in [5.74, 6) is 0.674. The van der Waals surface area contributed by atoms with Crippen LogP contribution >= 0.6 is 11.3 Å². The van der Waals surface area contributed by atoms with Crippen molar-refractivity contribution in [3.63, 3.8) is 0 Å². The fraction of sp³-hybridized carbons (Fsp3) is 0.500. The van der Waals surface area contributed by atoms with Crippen molar-refractivity contribution < 1.29 is 4.79 Å². The maximum absolute atomic E-state index is 11.4. The maximum atomic E-state index is 11.4. The van der Waals surface area contributed by atoms with Gasteiger partial charge in [0.05, 0.1) is 0 Å². The number of carbonyl (C=O) groups excluding carboxylic acids is 1. The number of hydrogen-bond donors (Lipinski definition) is 0. The van der Waals surface area contributed by atoms with E-state index in [1.54, 1.807) is 11.3 Å². The zero-order chi connectivity index (χ0) is 8.55. The van der Waals surface area contributed by atoms with E-state index in [9.17, 15) is 4.79 Å². The second-order valence-electron chi connectivity index (χ2n) is 3.34. The second-order valence-corrected chi connectivity index (χ2v) is 4.46. The van der Waals surface area contributed by atoms with Gasteiger partial charge in [-0.3, -0.25) is 4.79 Å². The molecule has 0 N–H and O–H groups in total. The van der Waals surface area contributed by atoms with Gasteiger partial charge in [0.1, 0.15) is 5.78 Å². The van der Waals surface area contributed by atoms with Crippen molar-refractivity contribution >= 4 is 17.1 Å². The lowest BCUT2D eigenvalue weighted by Gasteiger charge is -2.05. The first-order valence-corrected chi connectivity index (χ1v) is 5.23. The van der Waals surface area contributed by atoms with Crippen LogP contribution < -0.4 is 0 Å². The standard InChI is InChI=1S/C10H12OS/c1-7-8(5-6-12-7)9-3-2-4-10(9)11/h5-6,9H,2-4H2,1H3. The molecule has 0 radical (unpaired) electrons. The van der Waals surface area contributed by atoms with Crippen LogP contribution in [0, 0.1) is 6.92 Å². The summed E-state index contributed by atoms with van der Waals surface area (Å²) in [7, 11) is 0. The first-order valence-electron chi connectivity index (χ1n) is 4.36. The number of hydrogen-bond acceptors (Lipinski definition) is 2. The van der Waals surface area contributed by atoms with Crippen molar-refractivity contribution in [2.24, 2.45) is 0 Å². The third-order valence-electron chi connectivity index (χ3n) is 2.58. The van der Waals surface area contributed by atoms with Crippen molar-refractivity contribution in [3.8, 4) is 0 Å². The first-order chi connectivity index (χ1) is 5.79. The van der Waals surface area contributed by atoms with Crippen LogP contribution in [0.1, 0.15) is 35.6 Å². The van der Waals surface area contributed by atoms with Crippen LogP contribution in [0.15, 0.2) is 11.4 Å². The highest BCUT2D eigenvalue weighted by atomic mass is 32.1. The second kappa shape index (κ2) is 3.02. The third-order valence-corrected chi connectivity index (χ3v) is 3.44. The molecule has 1 atom stereocenters. The van der Waals surface area contributed by atoms with E-state index in [0.717, 1.165) is 19.3 Å². The molecule has 1 aliphatic carbocycles. The lowest BCUT2D eigenvalue weighted by Crippen LogP contribution is -2.03. The average molecular weight is 180 g/mol. The molecule has 0 aromatic carbocycles. The Balaban J connectivity index is 2.30. The smallest absolute Gasteiger partial charge is 0.140 e. The molecule has 1 unspecified atom stereocenters. The Labute approximate surface area is 76.4 Å². The molecule has 12 heavy (non-hydrogen) atoms. The Morgan fingerprint density at radius 1 is 1.58 bits per heavy atom. The Hall–Kier alpha value is -0.630. The van der Waals surface area contributed by atoms with Gasteiger partial charge in [-0.15, -0.1) is 11.3 Å². The van der Waals surface area contributed by atoms with E-state index >= 15 is 0 Å². The lowest BCUT2D eigenvalue weighted by atomic mass is 9.98. The molecule has 1 nitrogen and oxygen atoms in total. The van der Waals surface area contributed by atoms with E-state index in [1.807, 2.05) is 0 Å². The topological polar surface area (TPSA) is 17.1 Å². The maximum Gasteiger partial charge on any atom is 0.140 e. The molecular weight excluding hydrogens is 168 g/mol. The summed E-state index contributed by atoms with van der Waals surface area (Å²) in [6.45, 7) is 2.10. The van der Waals surface area contributed by atoms with Gasteiger partial charge in [0, 0.05) is 17.2 Å². The summed E-state index contributed by atoms with van der Waals surface area (Å²) in [5.41, 5.74) is 1.28. The summed E-state index contributed by atoms with van der Waals surface area (Å²) in [4.78, 5) is 12.7. The monoisotopic (exact) mass is 180 g/mol. The van der Waals surface area contributed by atoms with Crippen LogP contribution in [0.25, 0.3) is 0 Å². The highest BCUT2D eigenvalue weighted by molar-refractivity contribution is 7.10. The molecule has 0 spiro atoms. The van der Waals surface area contributed by atoms with Gasteiger partial charge in [-0.2, -0.15) is 0 Å². The molecule has 0 saturated heterocycles. The van der Waals surface area contributed by atoms with Gasteiger partial charge in [0.2, 0.25) is 0 Å². The zero-order valence-electron chi connectivity index (χ0n) is 7.17. The normalized spacial score (nSPS) is 23.4. The molecule has 1 aromatic rings. The number of thiophene rings is 1. The Kier molecular flexibility index (Phi) is 2.01.